The van der Waals surface area contributed by atoms with Crippen LogP contribution in [0.4, 0.5) is 10.1 Å². The van der Waals surface area contributed by atoms with Crippen LogP contribution < -0.4 is 9.62 Å². The van der Waals surface area contributed by atoms with E-state index in [0.717, 1.165) is 10.6 Å². The third-order valence-corrected chi connectivity index (χ3v) is 6.98. The van der Waals surface area contributed by atoms with Gasteiger partial charge in [-0.25, -0.2) is 17.8 Å². The van der Waals surface area contributed by atoms with Crippen molar-refractivity contribution >= 4 is 50.5 Å². The van der Waals surface area contributed by atoms with Gasteiger partial charge in [0.05, 0.1) is 28.8 Å². The Kier molecular flexibility index (Phi) is 6.35. The molecule has 4 rings (SSSR count). The predicted molar refractivity (Wildman–Crippen MR) is 132 cm³/mol. The van der Waals surface area contributed by atoms with Crippen LogP contribution in [0.3, 0.4) is 0 Å². The molecule has 0 aliphatic heterocycles. The van der Waals surface area contributed by atoms with Crippen LogP contribution in [0, 0.1) is 5.82 Å². The van der Waals surface area contributed by atoms with Crippen LogP contribution in [-0.4, -0.2) is 45.9 Å². The first-order valence-electron chi connectivity index (χ1n) is 10.2. The van der Waals surface area contributed by atoms with Crippen LogP contribution in [0.1, 0.15) is 20.7 Å². The Morgan fingerprint density at radius 2 is 1.86 bits per heavy atom. The molecule has 0 saturated carbocycles. The number of anilines is 1. The zero-order valence-electron chi connectivity index (χ0n) is 18.8. The van der Waals surface area contributed by atoms with E-state index >= 15 is 0 Å². The lowest BCUT2D eigenvalue weighted by Gasteiger charge is -2.20. The van der Waals surface area contributed by atoms with Gasteiger partial charge < -0.3 is 9.73 Å². The van der Waals surface area contributed by atoms with Gasteiger partial charge in [0.2, 0.25) is 10.0 Å². The summed E-state index contributed by atoms with van der Waals surface area (Å²) in [5, 5.41) is 2.89. The number of amides is 1. The second-order valence-corrected chi connectivity index (χ2v) is 10.1. The number of hydrogen-bond acceptors (Lipinski definition) is 6. The maximum absolute atomic E-state index is 13.5. The summed E-state index contributed by atoms with van der Waals surface area (Å²) in [5.41, 5.74) is 1.86. The number of aromatic nitrogens is 1. The fourth-order valence-electron chi connectivity index (χ4n) is 3.61. The third-order valence-electron chi connectivity index (χ3n) is 5.48. The zero-order chi connectivity index (χ0) is 25.5. The highest BCUT2D eigenvalue weighted by Crippen LogP contribution is 2.41. The van der Waals surface area contributed by atoms with Gasteiger partial charge in [-0.3, -0.25) is 13.9 Å². The molecule has 0 saturated heterocycles. The summed E-state index contributed by atoms with van der Waals surface area (Å²) in [7, 11) is -0.879. The van der Waals surface area contributed by atoms with E-state index in [1.807, 2.05) is 0 Å². The molecule has 0 radical (unpaired) electrons. The molecule has 35 heavy (non-hydrogen) atoms. The van der Waals surface area contributed by atoms with E-state index in [2.05, 4.69) is 10.3 Å². The summed E-state index contributed by atoms with van der Waals surface area (Å²) in [5.74, 6) is -0.722. The van der Waals surface area contributed by atoms with Crippen LogP contribution in [0.2, 0.25) is 5.15 Å². The van der Waals surface area contributed by atoms with E-state index in [4.69, 9.17) is 16.0 Å². The Morgan fingerprint density at radius 3 is 2.43 bits per heavy atom. The second kappa shape index (κ2) is 9.12. The lowest BCUT2D eigenvalue weighted by Crippen LogP contribution is -2.25. The van der Waals surface area contributed by atoms with Gasteiger partial charge in [-0.15, -0.1) is 0 Å². The van der Waals surface area contributed by atoms with Crippen LogP contribution >= 0.6 is 11.6 Å². The largest absolute Gasteiger partial charge is 0.455 e. The zero-order valence-corrected chi connectivity index (χ0v) is 20.4. The Bertz CT molecular complexity index is 1580. The van der Waals surface area contributed by atoms with Crippen LogP contribution in [0.25, 0.3) is 33.6 Å². The summed E-state index contributed by atoms with van der Waals surface area (Å²) in [4.78, 5) is 28.3. The first kappa shape index (κ1) is 24.4. The number of pyridine rings is 1. The quantitative estimate of drug-likeness (QED) is 0.298. The van der Waals surface area contributed by atoms with E-state index in [-0.39, 0.29) is 39.0 Å². The average Bonchev–Trinajstić information content (AvgIpc) is 3.20. The van der Waals surface area contributed by atoms with Gasteiger partial charge in [-0.1, -0.05) is 11.6 Å². The number of carbonyl (C=O) groups is 2. The lowest BCUT2D eigenvalue weighted by molar-refractivity contribution is 0.0964. The van der Waals surface area contributed by atoms with Gasteiger partial charge in [-0.2, -0.15) is 0 Å². The van der Waals surface area contributed by atoms with Crippen molar-refractivity contribution in [3.05, 3.63) is 70.6 Å². The molecule has 2 heterocycles. The Labute approximate surface area is 205 Å². The van der Waals surface area contributed by atoms with Crippen LogP contribution in [-0.2, 0) is 10.0 Å². The maximum atomic E-state index is 13.5. The highest BCUT2D eigenvalue weighted by molar-refractivity contribution is 7.92. The molecule has 0 unspecified atom stereocenters. The van der Waals surface area contributed by atoms with Gasteiger partial charge >= 0.3 is 0 Å². The molecule has 0 aliphatic carbocycles. The molecular weight excluding hydrogens is 497 g/mol. The Balaban J connectivity index is 2.08. The van der Waals surface area contributed by atoms with Gasteiger partial charge in [0.1, 0.15) is 22.3 Å². The smallest absolute Gasteiger partial charge is 0.255 e. The first-order chi connectivity index (χ1) is 16.5. The van der Waals surface area contributed by atoms with Crippen LogP contribution in [0.15, 0.2) is 52.9 Å². The minimum Gasteiger partial charge on any atom is -0.455 e. The van der Waals surface area contributed by atoms with E-state index in [9.17, 15) is 22.4 Å². The number of carbonyl (C=O) groups excluding carboxylic acids is 2. The minimum atomic E-state index is -3.71. The van der Waals surface area contributed by atoms with E-state index < -0.39 is 21.7 Å². The standard InChI is InChI=1S/C24H19ClFN3O5S/c1-27-24(31)21-17-10-16(18-9-6-14(12-30)23(25)28-18)19(29(2)35(3,32)33)11-20(17)34-22(21)13-4-7-15(26)8-5-13/h4-12H,1-3H3,(H,27,31). The molecule has 0 atom stereocenters. The van der Waals surface area contributed by atoms with Crippen molar-refractivity contribution in [2.75, 3.05) is 24.7 Å². The van der Waals surface area contributed by atoms with Crippen molar-refractivity contribution in [1.29, 1.82) is 0 Å². The first-order valence-corrected chi connectivity index (χ1v) is 12.4. The number of rotatable bonds is 6. The number of halogens is 2. The summed E-state index contributed by atoms with van der Waals surface area (Å²) < 4.78 is 45.4. The molecule has 4 aromatic rings. The average molecular weight is 516 g/mol. The van der Waals surface area contributed by atoms with Crippen molar-refractivity contribution in [3.8, 4) is 22.6 Å². The molecular formula is C24H19ClFN3O5S. The Morgan fingerprint density at radius 1 is 1.17 bits per heavy atom. The fourth-order valence-corrected chi connectivity index (χ4v) is 4.32. The number of furan rings is 1. The van der Waals surface area contributed by atoms with Crippen LogP contribution in [0.5, 0.6) is 0 Å². The highest BCUT2D eigenvalue weighted by Gasteiger charge is 2.26. The molecule has 2 aromatic heterocycles. The molecule has 8 nitrogen and oxygen atoms in total. The monoisotopic (exact) mass is 515 g/mol. The topological polar surface area (TPSA) is 110 Å². The molecule has 1 amide bonds. The number of sulfonamides is 1. The summed E-state index contributed by atoms with van der Waals surface area (Å²) in [6.45, 7) is 0. The number of hydrogen-bond donors (Lipinski definition) is 1. The predicted octanol–water partition coefficient (Wildman–Crippen LogP) is 4.52. The third kappa shape index (κ3) is 4.50. The van der Waals surface area contributed by atoms with Crippen molar-refractivity contribution in [3.63, 3.8) is 0 Å². The molecule has 0 spiro atoms. The number of aldehydes is 1. The molecule has 0 bridgehead atoms. The number of nitrogens with zero attached hydrogens (tertiary/aromatic N) is 2. The SMILES string of the molecule is CNC(=O)c1c(-c2ccc(F)cc2)oc2cc(N(C)S(C)(=O)=O)c(-c3ccc(C=O)c(Cl)n3)cc12. The van der Waals surface area contributed by atoms with E-state index in [1.165, 1.54) is 56.6 Å². The highest BCUT2D eigenvalue weighted by atomic mass is 35.5. The van der Waals surface area contributed by atoms with Gasteiger partial charge in [0.25, 0.3) is 5.91 Å². The van der Waals surface area contributed by atoms with E-state index in [0.29, 0.717) is 22.8 Å². The number of fused-ring (bicyclic) bond motifs is 1. The maximum Gasteiger partial charge on any atom is 0.255 e. The normalized spacial score (nSPS) is 11.5. The van der Waals surface area contributed by atoms with Crippen molar-refractivity contribution in [2.45, 2.75) is 0 Å². The molecule has 1 N–H and O–H groups in total. The molecule has 2 aromatic carbocycles. The lowest BCUT2D eigenvalue weighted by atomic mass is 10.0. The summed E-state index contributed by atoms with van der Waals surface area (Å²) in [6, 6.07) is 11.5. The summed E-state index contributed by atoms with van der Waals surface area (Å²) >= 11 is 6.13. The second-order valence-electron chi connectivity index (χ2n) is 7.68. The molecule has 0 fully saturated rings. The Hall–Kier alpha value is -3.76. The van der Waals surface area contributed by atoms with Gasteiger partial charge in [-0.05, 0) is 42.5 Å². The fraction of sp³-hybridized carbons (Fsp3) is 0.125. The number of nitrogens with one attached hydrogen (secondary N) is 1. The molecule has 11 heteroatoms. The minimum absolute atomic E-state index is 0.0590. The van der Waals surface area contributed by atoms with Crippen molar-refractivity contribution < 1.29 is 26.8 Å². The van der Waals surface area contributed by atoms with Crippen molar-refractivity contribution in [1.82, 2.24) is 10.3 Å². The van der Waals surface area contributed by atoms with Crippen molar-refractivity contribution in [2.24, 2.45) is 0 Å². The van der Waals surface area contributed by atoms with Gasteiger partial charge in [0, 0.05) is 36.7 Å². The molecule has 180 valence electrons. The summed E-state index contributed by atoms with van der Waals surface area (Å²) in [6.07, 6.45) is 1.60. The number of benzene rings is 2. The van der Waals surface area contributed by atoms with Gasteiger partial charge in [0.15, 0.2) is 6.29 Å². The van der Waals surface area contributed by atoms with E-state index in [1.54, 1.807) is 6.07 Å². The molecule has 0 aliphatic rings.